The van der Waals surface area contributed by atoms with E-state index >= 15 is 0 Å². The molecule has 1 N–H and O–H groups in total. The molecule has 1 saturated heterocycles. The van der Waals surface area contributed by atoms with Crippen molar-refractivity contribution in [3.8, 4) is 0 Å². The summed E-state index contributed by atoms with van der Waals surface area (Å²) in [7, 11) is 2.20. The first kappa shape index (κ1) is 11.0. The second-order valence-corrected chi connectivity index (χ2v) is 4.18. The highest BCUT2D eigenvalue weighted by molar-refractivity contribution is 4.72. The number of rotatable bonds is 5. The molecule has 1 aliphatic heterocycles. The van der Waals surface area contributed by atoms with Crippen LogP contribution >= 0.6 is 0 Å². The van der Waals surface area contributed by atoms with Gasteiger partial charge in [-0.1, -0.05) is 13.3 Å². The highest BCUT2D eigenvalue weighted by atomic mass is 15.1. The van der Waals surface area contributed by atoms with Gasteiger partial charge in [-0.05, 0) is 52.4 Å². The molecule has 0 aromatic carbocycles. The quantitative estimate of drug-likeness (QED) is 0.701. The third-order valence-corrected chi connectivity index (χ3v) is 3.04. The molecule has 1 heterocycles. The predicted octanol–water partition coefficient (Wildman–Crippen LogP) is 1.86. The zero-order valence-electron chi connectivity index (χ0n) is 9.18. The Morgan fingerprint density at radius 2 is 2.23 bits per heavy atom. The summed E-state index contributed by atoms with van der Waals surface area (Å²) >= 11 is 0. The fourth-order valence-electron chi connectivity index (χ4n) is 1.94. The maximum atomic E-state index is 3.59. The van der Waals surface area contributed by atoms with Crippen molar-refractivity contribution in [3.63, 3.8) is 0 Å². The second kappa shape index (κ2) is 6.39. The Labute approximate surface area is 82.7 Å². The number of piperidine rings is 1. The largest absolute Gasteiger partial charge is 0.314 e. The Bertz CT molecular complexity index is 119. The third-order valence-electron chi connectivity index (χ3n) is 3.04. The van der Waals surface area contributed by atoms with Crippen LogP contribution < -0.4 is 5.32 Å². The number of nitrogens with zero attached hydrogens (tertiary/aromatic N) is 1. The molecule has 1 unspecified atom stereocenters. The van der Waals surface area contributed by atoms with Crippen molar-refractivity contribution in [2.75, 3.05) is 26.7 Å². The first-order valence-corrected chi connectivity index (χ1v) is 5.75. The molecule has 1 atom stereocenters. The lowest BCUT2D eigenvalue weighted by Crippen LogP contribution is -2.34. The Balaban J connectivity index is 1.98. The smallest absolute Gasteiger partial charge is 0.00675 e. The Hall–Kier alpha value is -0.0800. The van der Waals surface area contributed by atoms with Gasteiger partial charge < -0.3 is 10.2 Å². The van der Waals surface area contributed by atoms with Gasteiger partial charge in [-0.2, -0.15) is 0 Å². The SMILES string of the molecule is CCN(C)CCCC1CCCCN1. The lowest BCUT2D eigenvalue weighted by Gasteiger charge is -2.24. The first-order valence-electron chi connectivity index (χ1n) is 5.75. The van der Waals surface area contributed by atoms with E-state index in [0.29, 0.717) is 0 Å². The third kappa shape index (κ3) is 4.63. The summed E-state index contributed by atoms with van der Waals surface area (Å²) in [5, 5.41) is 3.59. The van der Waals surface area contributed by atoms with Crippen molar-refractivity contribution >= 4 is 0 Å². The van der Waals surface area contributed by atoms with Crippen molar-refractivity contribution in [1.29, 1.82) is 0 Å². The van der Waals surface area contributed by atoms with Gasteiger partial charge in [0.15, 0.2) is 0 Å². The molecule has 2 heteroatoms. The van der Waals surface area contributed by atoms with Crippen LogP contribution in [0.15, 0.2) is 0 Å². The molecule has 1 aliphatic rings. The maximum absolute atomic E-state index is 3.59. The zero-order chi connectivity index (χ0) is 9.52. The molecule has 0 radical (unpaired) electrons. The number of hydrogen-bond acceptors (Lipinski definition) is 2. The molecule has 2 nitrogen and oxygen atoms in total. The van der Waals surface area contributed by atoms with Crippen LogP contribution in [0.2, 0.25) is 0 Å². The van der Waals surface area contributed by atoms with Crippen LogP contribution in [0.1, 0.15) is 39.0 Å². The van der Waals surface area contributed by atoms with Gasteiger partial charge in [0.1, 0.15) is 0 Å². The summed E-state index contributed by atoms with van der Waals surface area (Å²) in [6.45, 7) is 5.90. The minimum Gasteiger partial charge on any atom is -0.314 e. The van der Waals surface area contributed by atoms with Crippen molar-refractivity contribution in [1.82, 2.24) is 10.2 Å². The normalized spacial score (nSPS) is 23.8. The van der Waals surface area contributed by atoms with Gasteiger partial charge in [0.05, 0.1) is 0 Å². The molecule has 0 bridgehead atoms. The van der Waals surface area contributed by atoms with E-state index in [-0.39, 0.29) is 0 Å². The lowest BCUT2D eigenvalue weighted by molar-refractivity contribution is 0.314. The summed E-state index contributed by atoms with van der Waals surface area (Å²) in [6.07, 6.45) is 6.93. The van der Waals surface area contributed by atoms with Crippen LogP contribution in [-0.4, -0.2) is 37.6 Å². The van der Waals surface area contributed by atoms with E-state index < -0.39 is 0 Å². The Morgan fingerprint density at radius 1 is 1.38 bits per heavy atom. The Kier molecular flexibility index (Phi) is 5.40. The van der Waals surface area contributed by atoms with Crippen LogP contribution in [0.4, 0.5) is 0 Å². The topological polar surface area (TPSA) is 15.3 Å². The van der Waals surface area contributed by atoms with Crippen molar-refractivity contribution in [3.05, 3.63) is 0 Å². The molecule has 0 spiro atoms. The van der Waals surface area contributed by atoms with Crippen LogP contribution in [-0.2, 0) is 0 Å². The van der Waals surface area contributed by atoms with Crippen molar-refractivity contribution in [2.45, 2.75) is 45.1 Å². The standard InChI is InChI=1S/C11H24N2/c1-3-13(2)10-6-8-11-7-4-5-9-12-11/h11-12H,3-10H2,1-2H3. The fourth-order valence-corrected chi connectivity index (χ4v) is 1.94. The van der Waals surface area contributed by atoms with E-state index in [0.717, 1.165) is 6.04 Å². The van der Waals surface area contributed by atoms with Crippen LogP contribution in [0.3, 0.4) is 0 Å². The molecule has 1 fully saturated rings. The highest BCUT2D eigenvalue weighted by Gasteiger charge is 2.11. The van der Waals surface area contributed by atoms with Gasteiger partial charge in [-0.25, -0.2) is 0 Å². The Morgan fingerprint density at radius 3 is 2.85 bits per heavy atom. The molecule has 0 amide bonds. The molecule has 0 aromatic rings. The van der Waals surface area contributed by atoms with E-state index in [1.165, 1.54) is 51.7 Å². The van der Waals surface area contributed by atoms with Crippen LogP contribution in [0.5, 0.6) is 0 Å². The van der Waals surface area contributed by atoms with Crippen LogP contribution in [0, 0.1) is 0 Å². The van der Waals surface area contributed by atoms with Crippen molar-refractivity contribution in [2.24, 2.45) is 0 Å². The van der Waals surface area contributed by atoms with E-state index in [4.69, 9.17) is 0 Å². The van der Waals surface area contributed by atoms with E-state index in [2.05, 4.69) is 24.2 Å². The molecular weight excluding hydrogens is 160 g/mol. The zero-order valence-corrected chi connectivity index (χ0v) is 9.18. The molecule has 0 aliphatic carbocycles. The maximum Gasteiger partial charge on any atom is 0.00675 e. The molecule has 1 rings (SSSR count). The summed E-state index contributed by atoms with van der Waals surface area (Å²) in [5.74, 6) is 0. The minimum absolute atomic E-state index is 0.819. The summed E-state index contributed by atoms with van der Waals surface area (Å²) < 4.78 is 0. The summed E-state index contributed by atoms with van der Waals surface area (Å²) in [5.41, 5.74) is 0. The molecule has 0 saturated carbocycles. The first-order chi connectivity index (χ1) is 6.33. The van der Waals surface area contributed by atoms with E-state index in [1.54, 1.807) is 0 Å². The van der Waals surface area contributed by atoms with Gasteiger partial charge in [0.25, 0.3) is 0 Å². The average molecular weight is 184 g/mol. The average Bonchev–Trinajstić information content (AvgIpc) is 2.19. The summed E-state index contributed by atoms with van der Waals surface area (Å²) in [6, 6.07) is 0.819. The monoisotopic (exact) mass is 184 g/mol. The highest BCUT2D eigenvalue weighted by Crippen LogP contribution is 2.11. The van der Waals surface area contributed by atoms with Gasteiger partial charge in [0.2, 0.25) is 0 Å². The second-order valence-electron chi connectivity index (χ2n) is 4.18. The summed E-state index contributed by atoms with van der Waals surface area (Å²) in [4.78, 5) is 2.39. The van der Waals surface area contributed by atoms with Gasteiger partial charge >= 0.3 is 0 Å². The van der Waals surface area contributed by atoms with Gasteiger partial charge in [0, 0.05) is 6.04 Å². The number of hydrogen-bond donors (Lipinski definition) is 1. The van der Waals surface area contributed by atoms with E-state index in [9.17, 15) is 0 Å². The molecular formula is C11H24N2. The fraction of sp³-hybridized carbons (Fsp3) is 1.00. The minimum atomic E-state index is 0.819. The lowest BCUT2D eigenvalue weighted by atomic mass is 10.0. The van der Waals surface area contributed by atoms with Gasteiger partial charge in [-0.3, -0.25) is 0 Å². The van der Waals surface area contributed by atoms with E-state index in [1.807, 2.05) is 0 Å². The molecule has 13 heavy (non-hydrogen) atoms. The molecule has 78 valence electrons. The van der Waals surface area contributed by atoms with Crippen molar-refractivity contribution < 1.29 is 0 Å². The van der Waals surface area contributed by atoms with Gasteiger partial charge in [-0.15, -0.1) is 0 Å². The molecule has 0 aromatic heterocycles. The number of nitrogens with one attached hydrogen (secondary N) is 1. The van der Waals surface area contributed by atoms with Crippen LogP contribution in [0.25, 0.3) is 0 Å². The predicted molar refractivity (Wildman–Crippen MR) is 58.0 cm³/mol.